The first kappa shape index (κ1) is 19.6. The molecule has 1 saturated heterocycles. The summed E-state index contributed by atoms with van der Waals surface area (Å²) in [6.45, 7) is 1.36. The summed E-state index contributed by atoms with van der Waals surface area (Å²) in [6.07, 6.45) is 0.357. The monoisotopic (exact) mass is 358 g/mol. The molecule has 1 aliphatic heterocycles. The molecule has 0 radical (unpaired) electrons. The fourth-order valence-corrected chi connectivity index (χ4v) is 3.17. The molecule has 0 saturated carbocycles. The SMILES string of the molecule is CN1CCCC[C@H]1CCC(=O)NCCc1ccccc1OC(F)(F)F. The standard InChI is InChI=1S/C18H25F3N2O2/c1-23-13-5-4-7-15(23)9-10-17(24)22-12-11-14-6-2-3-8-16(14)25-18(19,20)21/h2-3,6,8,15H,4-5,7,9-13H2,1H3,(H,22,24)/t15-/m0/s1. The fourth-order valence-electron chi connectivity index (χ4n) is 3.17. The number of nitrogens with zero attached hydrogens (tertiary/aromatic N) is 1. The van der Waals surface area contributed by atoms with Crippen LogP contribution >= 0.6 is 0 Å². The van der Waals surface area contributed by atoms with Crippen molar-refractivity contribution in [2.45, 2.75) is 50.9 Å². The van der Waals surface area contributed by atoms with Gasteiger partial charge in [0.25, 0.3) is 0 Å². The third-order valence-corrected chi connectivity index (χ3v) is 4.54. The van der Waals surface area contributed by atoms with Crippen LogP contribution < -0.4 is 10.1 Å². The summed E-state index contributed by atoms with van der Waals surface area (Å²) in [5.74, 6) is -0.277. The van der Waals surface area contributed by atoms with Gasteiger partial charge in [-0.2, -0.15) is 0 Å². The lowest BCUT2D eigenvalue weighted by atomic mass is 9.98. The minimum atomic E-state index is -4.72. The molecule has 1 heterocycles. The number of rotatable bonds is 7. The number of halogens is 3. The van der Waals surface area contributed by atoms with Gasteiger partial charge in [0.1, 0.15) is 5.75 Å². The zero-order chi connectivity index (χ0) is 18.3. The van der Waals surface area contributed by atoms with E-state index in [1.165, 1.54) is 25.0 Å². The number of carbonyl (C=O) groups is 1. The normalized spacial score (nSPS) is 18.8. The van der Waals surface area contributed by atoms with Crippen LogP contribution in [0.3, 0.4) is 0 Å². The molecule has 1 N–H and O–H groups in total. The molecule has 0 aliphatic carbocycles. The Morgan fingerprint density at radius 3 is 2.80 bits per heavy atom. The molecule has 1 amide bonds. The van der Waals surface area contributed by atoms with E-state index in [1.807, 2.05) is 0 Å². The molecular weight excluding hydrogens is 333 g/mol. The highest BCUT2D eigenvalue weighted by Crippen LogP contribution is 2.26. The van der Waals surface area contributed by atoms with Crippen LogP contribution in [0.1, 0.15) is 37.7 Å². The van der Waals surface area contributed by atoms with Crippen LogP contribution in [0.5, 0.6) is 5.75 Å². The van der Waals surface area contributed by atoms with Gasteiger partial charge in [0.2, 0.25) is 5.91 Å². The summed E-state index contributed by atoms with van der Waals surface area (Å²) in [7, 11) is 2.08. The molecule has 1 aliphatic rings. The van der Waals surface area contributed by atoms with E-state index in [1.54, 1.807) is 12.1 Å². The molecule has 1 aromatic rings. The Balaban J connectivity index is 1.74. The van der Waals surface area contributed by atoms with Crippen LogP contribution in [0.15, 0.2) is 24.3 Å². The molecule has 0 spiro atoms. The number of hydrogen-bond acceptors (Lipinski definition) is 3. The number of nitrogens with one attached hydrogen (secondary N) is 1. The summed E-state index contributed by atoms with van der Waals surface area (Å²) in [6, 6.07) is 6.44. The van der Waals surface area contributed by atoms with Crippen molar-refractivity contribution in [3.05, 3.63) is 29.8 Å². The van der Waals surface area contributed by atoms with Crippen molar-refractivity contribution < 1.29 is 22.7 Å². The molecule has 1 aromatic carbocycles. The third kappa shape index (κ3) is 6.94. The molecule has 140 valence electrons. The van der Waals surface area contributed by atoms with E-state index in [0.717, 1.165) is 19.4 Å². The van der Waals surface area contributed by atoms with E-state index in [4.69, 9.17) is 0 Å². The molecule has 0 unspecified atom stereocenters. The van der Waals surface area contributed by atoms with E-state index in [9.17, 15) is 18.0 Å². The van der Waals surface area contributed by atoms with E-state index >= 15 is 0 Å². The first-order valence-electron chi connectivity index (χ1n) is 8.66. The van der Waals surface area contributed by atoms with Crippen LogP contribution in [0.4, 0.5) is 13.2 Å². The van der Waals surface area contributed by atoms with E-state index in [2.05, 4.69) is 22.0 Å². The van der Waals surface area contributed by atoms with Gasteiger partial charge in [-0.15, -0.1) is 13.2 Å². The molecular formula is C18H25F3N2O2. The third-order valence-electron chi connectivity index (χ3n) is 4.54. The smallest absolute Gasteiger partial charge is 0.406 e. The molecule has 7 heteroatoms. The van der Waals surface area contributed by atoms with Gasteiger partial charge < -0.3 is 15.0 Å². The lowest BCUT2D eigenvalue weighted by Gasteiger charge is -2.32. The van der Waals surface area contributed by atoms with Crippen LogP contribution in [0.2, 0.25) is 0 Å². The lowest BCUT2D eigenvalue weighted by molar-refractivity contribution is -0.274. The molecule has 1 fully saturated rings. The molecule has 0 aromatic heterocycles. The number of likely N-dealkylation sites (tertiary alicyclic amines) is 1. The van der Waals surface area contributed by atoms with Gasteiger partial charge in [-0.3, -0.25) is 4.79 Å². The zero-order valence-corrected chi connectivity index (χ0v) is 14.4. The number of carbonyl (C=O) groups excluding carboxylic acids is 1. The maximum atomic E-state index is 12.4. The number of amides is 1. The quantitative estimate of drug-likeness (QED) is 0.811. The highest BCUT2D eigenvalue weighted by molar-refractivity contribution is 5.75. The topological polar surface area (TPSA) is 41.6 Å². The second kappa shape index (κ2) is 9.08. The number of piperidine rings is 1. The second-order valence-corrected chi connectivity index (χ2v) is 6.42. The molecule has 2 rings (SSSR count). The Morgan fingerprint density at radius 1 is 1.32 bits per heavy atom. The number of ether oxygens (including phenoxy) is 1. The van der Waals surface area contributed by atoms with Gasteiger partial charge in [0, 0.05) is 19.0 Å². The summed E-state index contributed by atoms with van der Waals surface area (Å²) in [5.41, 5.74) is 0.423. The second-order valence-electron chi connectivity index (χ2n) is 6.42. The maximum absolute atomic E-state index is 12.4. The highest BCUT2D eigenvalue weighted by atomic mass is 19.4. The lowest BCUT2D eigenvalue weighted by Crippen LogP contribution is -2.37. The summed E-state index contributed by atoms with van der Waals surface area (Å²) >= 11 is 0. The highest BCUT2D eigenvalue weighted by Gasteiger charge is 2.31. The number of para-hydroxylation sites is 1. The Kier molecular flexibility index (Phi) is 7.11. The van der Waals surface area contributed by atoms with Gasteiger partial charge in [0.05, 0.1) is 0 Å². The average Bonchev–Trinajstić information content (AvgIpc) is 2.54. The van der Waals surface area contributed by atoms with Crippen LogP contribution in [-0.4, -0.2) is 43.3 Å². The summed E-state index contributed by atoms with van der Waals surface area (Å²) < 4.78 is 41.2. The Hall–Kier alpha value is -1.76. The van der Waals surface area contributed by atoms with Gasteiger partial charge in [-0.1, -0.05) is 24.6 Å². The van der Waals surface area contributed by atoms with Crippen molar-refractivity contribution in [3.63, 3.8) is 0 Å². The van der Waals surface area contributed by atoms with Gasteiger partial charge in [0.15, 0.2) is 0 Å². The van der Waals surface area contributed by atoms with E-state index < -0.39 is 6.36 Å². The predicted molar refractivity (Wildman–Crippen MR) is 89.3 cm³/mol. The van der Waals surface area contributed by atoms with Crippen LogP contribution in [-0.2, 0) is 11.2 Å². The van der Waals surface area contributed by atoms with Gasteiger partial charge in [-0.05, 0) is 50.9 Å². The van der Waals surface area contributed by atoms with E-state index in [0.29, 0.717) is 24.4 Å². The summed E-state index contributed by atoms with van der Waals surface area (Å²) in [4.78, 5) is 14.2. The average molecular weight is 358 g/mol. The fraction of sp³-hybridized carbons (Fsp3) is 0.611. The van der Waals surface area contributed by atoms with Crippen molar-refractivity contribution in [2.24, 2.45) is 0 Å². The van der Waals surface area contributed by atoms with Crippen molar-refractivity contribution >= 4 is 5.91 Å². The first-order chi connectivity index (χ1) is 11.8. The summed E-state index contributed by atoms with van der Waals surface area (Å²) in [5, 5.41) is 2.78. The van der Waals surface area contributed by atoms with E-state index in [-0.39, 0.29) is 18.2 Å². The predicted octanol–water partition coefficient (Wildman–Crippen LogP) is 3.51. The molecule has 1 atom stereocenters. The van der Waals surface area contributed by atoms with Crippen molar-refractivity contribution in [1.29, 1.82) is 0 Å². The Labute approximate surface area is 146 Å². The molecule has 4 nitrogen and oxygen atoms in total. The van der Waals surface area contributed by atoms with Gasteiger partial charge in [-0.25, -0.2) is 0 Å². The number of benzene rings is 1. The molecule has 25 heavy (non-hydrogen) atoms. The van der Waals surface area contributed by atoms with Crippen molar-refractivity contribution in [3.8, 4) is 5.75 Å². The first-order valence-corrected chi connectivity index (χ1v) is 8.66. The van der Waals surface area contributed by atoms with Crippen LogP contribution in [0.25, 0.3) is 0 Å². The van der Waals surface area contributed by atoms with Gasteiger partial charge >= 0.3 is 6.36 Å². The van der Waals surface area contributed by atoms with Crippen LogP contribution in [0, 0.1) is 0 Å². The number of alkyl halides is 3. The minimum Gasteiger partial charge on any atom is -0.406 e. The Morgan fingerprint density at radius 2 is 2.08 bits per heavy atom. The Bertz CT molecular complexity index is 563. The van der Waals surface area contributed by atoms with Crippen molar-refractivity contribution in [2.75, 3.05) is 20.1 Å². The molecule has 0 bridgehead atoms. The van der Waals surface area contributed by atoms with Crippen molar-refractivity contribution in [1.82, 2.24) is 10.2 Å². The maximum Gasteiger partial charge on any atom is 0.573 e. The largest absolute Gasteiger partial charge is 0.573 e. The number of hydrogen-bond donors (Lipinski definition) is 1. The minimum absolute atomic E-state index is 0.0619. The zero-order valence-electron chi connectivity index (χ0n) is 14.4.